The molecule has 0 bridgehead atoms. The van der Waals surface area contributed by atoms with Gasteiger partial charge in [-0.1, -0.05) is 69.0 Å². The highest BCUT2D eigenvalue weighted by atomic mass is 16.5. The second kappa shape index (κ2) is 13.2. The molecule has 0 fully saturated rings. The van der Waals surface area contributed by atoms with Gasteiger partial charge in [-0.15, -0.1) is 0 Å². The summed E-state index contributed by atoms with van der Waals surface area (Å²) in [6.45, 7) is 11.1. The molecule has 3 aromatic rings. The number of hydrogen-bond acceptors (Lipinski definition) is 4. The quantitative estimate of drug-likeness (QED) is 0.320. The minimum absolute atomic E-state index is 0.0778. The van der Waals surface area contributed by atoms with Gasteiger partial charge in [-0.3, -0.25) is 4.90 Å². The van der Waals surface area contributed by atoms with E-state index >= 15 is 0 Å². The van der Waals surface area contributed by atoms with Crippen molar-refractivity contribution in [2.45, 2.75) is 46.1 Å². The lowest BCUT2D eigenvalue weighted by Crippen LogP contribution is -2.23. The van der Waals surface area contributed by atoms with Crippen LogP contribution >= 0.6 is 0 Å². The summed E-state index contributed by atoms with van der Waals surface area (Å²) in [5, 5.41) is 9.11. The Kier molecular flexibility index (Phi) is 9.98. The van der Waals surface area contributed by atoms with E-state index in [1.807, 2.05) is 32.0 Å². The number of nitrogens with zero attached hydrogens (tertiary/aromatic N) is 1. The molecule has 39 heavy (non-hydrogen) atoms. The molecule has 3 aromatic carbocycles. The third-order valence-corrected chi connectivity index (χ3v) is 6.22. The van der Waals surface area contributed by atoms with E-state index in [2.05, 4.69) is 87.2 Å². The summed E-state index contributed by atoms with van der Waals surface area (Å²) in [4.78, 5) is 13.2. The number of carboxylic acids is 1. The molecule has 3 rings (SSSR count). The Morgan fingerprint density at radius 3 is 2.15 bits per heavy atom. The molecule has 204 valence electrons. The molecule has 0 heterocycles. The zero-order valence-electron chi connectivity index (χ0n) is 24.0. The number of carbonyl (C=O) groups is 1. The van der Waals surface area contributed by atoms with Crippen LogP contribution in [0.4, 0.5) is 0 Å². The molecule has 1 atom stereocenters. The fraction of sp³-hybridized carbons (Fsp3) is 0.324. The summed E-state index contributed by atoms with van der Waals surface area (Å²) in [6.07, 6.45) is 1.17. The third kappa shape index (κ3) is 8.77. The van der Waals surface area contributed by atoms with Gasteiger partial charge in [-0.25, -0.2) is 4.79 Å². The summed E-state index contributed by atoms with van der Waals surface area (Å²) in [5.74, 6) is 6.62. The van der Waals surface area contributed by atoms with Crippen LogP contribution in [0.15, 0.2) is 72.8 Å². The first-order chi connectivity index (χ1) is 18.4. The molecule has 0 aromatic heterocycles. The van der Waals surface area contributed by atoms with Gasteiger partial charge in [0.1, 0.15) is 18.1 Å². The summed E-state index contributed by atoms with van der Waals surface area (Å²) < 4.78 is 11.6. The molecule has 0 amide bonds. The van der Waals surface area contributed by atoms with Gasteiger partial charge in [0.15, 0.2) is 6.10 Å². The molecular weight excluding hydrogens is 486 g/mol. The van der Waals surface area contributed by atoms with Gasteiger partial charge in [-0.05, 0) is 97.6 Å². The summed E-state index contributed by atoms with van der Waals surface area (Å²) in [5.41, 5.74) is 6.43. The van der Waals surface area contributed by atoms with Crippen LogP contribution in [0, 0.1) is 18.8 Å². The summed E-state index contributed by atoms with van der Waals surface area (Å²) >= 11 is 0. The molecule has 0 spiro atoms. The lowest BCUT2D eigenvalue weighted by Gasteiger charge is -2.19. The van der Waals surface area contributed by atoms with E-state index in [-0.39, 0.29) is 5.41 Å². The lowest BCUT2D eigenvalue weighted by atomic mass is 9.85. The first-order valence-corrected chi connectivity index (χ1v) is 13.1. The van der Waals surface area contributed by atoms with Crippen molar-refractivity contribution in [3.8, 4) is 23.3 Å². The Labute approximate surface area is 233 Å². The van der Waals surface area contributed by atoms with Crippen LogP contribution in [0.5, 0.6) is 11.5 Å². The molecule has 0 saturated heterocycles. The van der Waals surface area contributed by atoms with E-state index in [9.17, 15) is 4.79 Å². The number of carboxylic acid groups (broad SMARTS) is 1. The Morgan fingerprint density at radius 1 is 1.00 bits per heavy atom. The van der Waals surface area contributed by atoms with E-state index in [1.165, 1.54) is 12.5 Å². The Balaban J connectivity index is 1.84. The third-order valence-electron chi connectivity index (χ3n) is 6.22. The highest BCUT2D eigenvalue weighted by Crippen LogP contribution is 2.29. The van der Waals surface area contributed by atoms with Crippen molar-refractivity contribution in [2.75, 3.05) is 27.2 Å². The number of aliphatic carboxylic acids is 1. The largest absolute Gasteiger partial charge is 0.489 e. The van der Waals surface area contributed by atoms with Crippen LogP contribution in [0.3, 0.4) is 0 Å². The fourth-order valence-electron chi connectivity index (χ4n) is 3.89. The maximum atomic E-state index is 11.1. The topological polar surface area (TPSA) is 59.0 Å². The van der Waals surface area contributed by atoms with Crippen LogP contribution in [0.25, 0.3) is 5.57 Å². The molecule has 5 heteroatoms. The number of benzene rings is 3. The van der Waals surface area contributed by atoms with Crippen molar-refractivity contribution >= 4 is 11.5 Å². The molecule has 0 radical (unpaired) electrons. The van der Waals surface area contributed by atoms with E-state index < -0.39 is 12.1 Å². The number of ether oxygens (including phenoxy) is 2. The number of aryl methyl sites for hydroxylation is 1. The maximum absolute atomic E-state index is 11.1. The van der Waals surface area contributed by atoms with E-state index in [0.29, 0.717) is 18.1 Å². The molecule has 0 aliphatic heterocycles. The van der Waals surface area contributed by atoms with Gasteiger partial charge < -0.3 is 14.6 Å². The zero-order chi connectivity index (χ0) is 28.6. The van der Waals surface area contributed by atoms with Gasteiger partial charge in [0.05, 0.1) is 6.54 Å². The minimum atomic E-state index is -1.00. The molecule has 1 N–H and O–H groups in total. The van der Waals surface area contributed by atoms with Crippen LogP contribution < -0.4 is 9.47 Å². The van der Waals surface area contributed by atoms with Gasteiger partial charge in [0.2, 0.25) is 0 Å². The van der Waals surface area contributed by atoms with Gasteiger partial charge in [0.25, 0.3) is 0 Å². The number of rotatable bonds is 9. The molecule has 0 aliphatic carbocycles. The normalized spacial score (nSPS) is 12.5. The predicted molar refractivity (Wildman–Crippen MR) is 158 cm³/mol. The van der Waals surface area contributed by atoms with Gasteiger partial charge in [0, 0.05) is 5.56 Å². The van der Waals surface area contributed by atoms with Crippen molar-refractivity contribution in [1.29, 1.82) is 0 Å². The Hall–Kier alpha value is -4.01. The van der Waals surface area contributed by atoms with Crippen LogP contribution in [0.2, 0.25) is 0 Å². The highest BCUT2D eigenvalue weighted by Gasteiger charge is 2.15. The average Bonchev–Trinajstić information content (AvgIpc) is 2.88. The molecule has 0 aliphatic rings. The molecule has 5 nitrogen and oxygen atoms in total. The van der Waals surface area contributed by atoms with Gasteiger partial charge >= 0.3 is 5.97 Å². The lowest BCUT2D eigenvalue weighted by molar-refractivity contribution is -0.144. The van der Waals surface area contributed by atoms with Crippen molar-refractivity contribution < 1.29 is 19.4 Å². The SMILES string of the molecule is Cc1cc(OC/C=C(\c2ccc(C#CCN(C)C)cc2)c2ccc(C(C)(C)C)cc2)ccc1OC(C)C(=O)O. The fourth-order valence-corrected chi connectivity index (χ4v) is 3.89. The van der Waals surface area contributed by atoms with E-state index in [0.717, 1.165) is 34.4 Å². The van der Waals surface area contributed by atoms with E-state index in [1.54, 1.807) is 12.1 Å². The minimum Gasteiger partial charge on any atom is -0.489 e. The monoisotopic (exact) mass is 525 g/mol. The second-order valence-corrected chi connectivity index (χ2v) is 10.9. The highest BCUT2D eigenvalue weighted by molar-refractivity contribution is 5.80. The van der Waals surface area contributed by atoms with Gasteiger partial charge in [-0.2, -0.15) is 0 Å². The smallest absolute Gasteiger partial charge is 0.344 e. The summed E-state index contributed by atoms with van der Waals surface area (Å²) in [6, 6.07) is 22.4. The first-order valence-electron chi connectivity index (χ1n) is 13.1. The maximum Gasteiger partial charge on any atom is 0.344 e. The van der Waals surface area contributed by atoms with Crippen molar-refractivity contribution in [3.05, 3.63) is 101 Å². The van der Waals surface area contributed by atoms with E-state index in [4.69, 9.17) is 14.6 Å². The second-order valence-electron chi connectivity index (χ2n) is 10.9. The Morgan fingerprint density at radius 2 is 1.62 bits per heavy atom. The molecule has 1 unspecified atom stereocenters. The standard InChI is InChI=1S/C34H39NO4/c1-24-23-30(18-19-32(24)39-25(2)33(36)37)38-22-20-31(28-14-16-29(17-15-28)34(3,4)5)27-12-10-26(11-13-27)9-8-21-35(6)7/h10-20,23,25H,21-22H2,1-7H3,(H,36,37)/b31-20+. The molecule has 0 saturated carbocycles. The zero-order valence-corrected chi connectivity index (χ0v) is 24.0. The van der Waals surface area contributed by atoms with Crippen LogP contribution in [-0.4, -0.2) is 49.3 Å². The first kappa shape index (κ1) is 29.5. The van der Waals surface area contributed by atoms with Crippen LogP contribution in [-0.2, 0) is 10.2 Å². The summed E-state index contributed by atoms with van der Waals surface area (Å²) in [7, 11) is 4.01. The number of hydrogen-bond donors (Lipinski definition) is 1. The Bertz CT molecular complexity index is 1350. The average molecular weight is 526 g/mol. The predicted octanol–water partition coefficient (Wildman–Crippen LogP) is 6.57. The van der Waals surface area contributed by atoms with Crippen molar-refractivity contribution in [3.63, 3.8) is 0 Å². The van der Waals surface area contributed by atoms with Crippen molar-refractivity contribution in [2.24, 2.45) is 0 Å². The molecular formula is C34H39NO4. The van der Waals surface area contributed by atoms with Crippen LogP contribution in [0.1, 0.15) is 55.5 Å². The van der Waals surface area contributed by atoms with Crippen molar-refractivity contribution in [1.82, 2.24) is 4.90 Å².